The number of anilines is 1. The molecule has 1 aliphatic rings. The molecular weight excluding hydrogens is 232 g/mol. The summed E-state index contributed by atoms with van der Waals surface area (Å²) in [6.45, 7) is 3.00. The number of aromatic nitrogens is 1. The monoisotopic (exact) mass is 250 g/mol. The Morgan fingerprint density at radius 3 is 3.06 bits per heavy atom. The molecule has 0 saturated carbocycles. The number of hydrogen-bond donors (Lipinski definition) is 1. The lowest BCUT2D eigenvalue weighted by Gasteiger charge is -2.33. The Kier molecular flexibility index (Phi) is 4.09. The quantitative estimate of drug-likeness (QED) is 0.646. The summed E-state index contributed by atoms with van der Waals surface area (Å²) >= 11 is 0. The average Bonchev–Trinajstić information content (AvgIpc) is 2.39. The largest absolute Gasteiger partial charge is 0.368 e. The van der Waals surface area contributed by atoms with Crippen LogP contribution in [0.15, 0.2) is 18.3 Å². The van der Waals surface area contributed by atoms with E-state index in [1.165, 1.54) is 12.5 Å². The molecule has 98 valence electrons. The van der Waals surface area contributed by atoms with Crippen molar-refractivity contribution in [3.05, 3.63) is 28.4 Å². The predicted octanol–water partition coefficient (Wildman–Crippen LogP) is 1.43. The van der Waals surface area contributed by atoms with E-state index in [2.05, 4.69) is 15.2 Å². The Hall–Kier alpha value is -1.69. The summed E-state index contributed by atoms with van der Waals surface area (Å²) in [7, 11) is 1.96. The molecule has 18 heavy (non-hydrogen) atoms. The second-order valence-corrected chi connectivity index (χ2v) is 4.64. The first-order chi connectivity index (χ1) is 8.70. The van der Waals surface area contributed by atoms with Crippen LogP contribution in [0.3, 0.4) is 0 Å². The zero-order chi connectivity index (χ0) is 13.0. The first-order valence-corrected chi connectivity index (χ1v) is 6.20. The van der Waals surface area contributed by atoms with Crippen molar-refractivity contribution in [2.45, 2.75) is 12.8 Å². The Morgan fingerprint density at radius 1 is 1.61 bits per heavy atom. The lowest BCUT2D eigenvalue weighted by Crippen LogP contribution is -2.39. The number of piperidine rings is 1. The van der Waals surface area contributed by atoms with Gasteiger partial charge < -0.3 is 20.3 Å². The van der Waals surface area contributed by atoms with Crippen molar-refractivity contribution in [3.8, 4) is 0 Å². The van der Waals surface area contributed by atoms with E-state index in [0.29, 0.717) is 5.92 Å². The van der Waals surface area contributed by atoms with Gasteiger partial charge >= 0.3 is 5.82 Å². The highest BCUT2D eigenvalue weighted by Crippen LogP contribution is 2.23. The van der Waals surface area contributed by atoms with Gasteiger partial charge in [0.1, 0.15) is 0 Å². The topological polar surface area (TPSA) is 71.3 Å². The van der Waals surface area contributed by atoms with Crippen LogP contribution in [-0.2, 0) is 0 Å². The summed E-state index contributed by atoms with van der Waals surface area (Å²) in [6, 6.07) is 3.25. The van der Waals surface area contributed by atoms with Gasteiger partial charge in [-0.3, -0.25) is 0 Å². The lowest BCUT2D eigenvalue weighted by molar-refractivity contribution is -0.389. The van der Waals surface area contributed by atoms with Crippen LogP contribution in [-0.4, -0.2) is 36.6 Å². The molecule has 0 spiro atoms. The molecule has 1 aliphatic heterocycles. The fraction of sp³-hybridized carbons (Fsp3) is 0.583. The molecule has 0 amide bonds. The number of rotatable bonds is 4. The molecule has 0 bridgehead atoms. The minimum atomic E-state index is -0.468. The van der Waals surface area contributed by atoms with Crippen LogP contribution in [0.2, 0.25) is 0 Å². The van der Waals surface area contributed by atoms with E-state index in [1.807, 2.05) is 7.05 Å². The molecule has 0 radical (unpaired) electrons. The Labute approximate surface area is 106 Å². The Balaban J connectivity index is 2.04. The first kappa shape index (κ1) is 12.8. The van der Waals surface area contributed by atoms with Crippen molar-refractivity contribution in [3.63, 3.8) is 0 Å². The maximum absolute atomic E-state index is 10.5. The number of nitro groups is 1. The van der Waals surface area contributed by atoms with Gasteiger partial charge in [-0.2, -0.15) is 0 Å². The van der Waals surface area contributed by atoms with Crippen molar-refractivity contribution in [1.29, 1.82) is 0 Å². The van der Waals surface area contributed by atoms with Gasteiger partial charge in [-0.15, -0.1) is 0 Å². The fourth-order valence-electron chi connectivity index (χ4n) is 2.43. The van der Waals surface area contributed by atoms with Gasteiger partial charge in [-0.05, 0) is 48.3 Å². The number of hydrogen-bond acceptors (Lipinski definition) is 5. The average molecular weight is 250 g/mol. The first-order valence-electron chi connectivity index (χ1n) is 6.20. The van der Waals surface area contributed by atoms with E-state index in [0.717, 1.165) is 31.7 Å². The summed E-state index contributed by atoms with van der Waals surface area (Å²) in [4.78, 5) is 16.2. The van der Waals surface area contributed by atoms with Gasteiger partial charge in [0.25, 0.3) is 0 Å². The van der Waals surface area contributed by atoms with E-state index >= 15 is 0 Å². The summed E-state index contributed by atoms with van der Waals surface area (Å²) in [5.41, 5.74) is 0.974. The zero-order valence-corrected chi connectivity index (χ0v) is 10.5. The normalized spacial score (nSPS) is 19.8. The lowest BCUT2D eigenvalue weighted by atomic mass is 9.98. The van der Waals surface area contributed by atoms with Gasteiger partial charge in [-0.25, -0.2) is 0 Å². The van der Waals surface area contributed by atoms with Crippen LogP contribution in [0, 0.1) is 16.0 Å². The van der Waals surface area contributed by atoms with Gasteiger partial charge in [0.05, 0.1) is 5.69 Å². The number of nitrogens with one attached hydrogen (secondary N) is 1. The van der Waals surface area contributed by atoms with Crippen LogP contribution < -0.4 is 10.2 Å². The van der Waals surface area contributed by atoms with Crippen molar-refractivity contribution in [2.24, 2.45) is 5.92 Å². The third-order valence-corrected chi connectivity index (χ3v) is 3.30. The molecule has 1 aromatic heterocycles. The molecule has 6 nitrogen and oxygen atoms in total. The van der Waals surface area contributed by atoms with Crippen LogP contribution in [0.25, 0.3) is 0 Å². The Bertz CT molecular complexity index is 405. The predicted molar refractivity (Wildman–Crippen MR) is 69.8 cm³/mol. The molecule has 1 aromatic rings. The highest BCUT2D eigenvalue weighted by Gasteiger charge is 2.20. The van der Waals surface area contributed by atoms with E-state index < -0.39 is 4.92 Å². The molecule has 2 heterocycles. The highest BCUT2D eigenvalue weighted by molar-refractivity contribution is 5.46. The number of nitrogens with zero attached hydrogens (tertiary/aromatic N) is 3. The van der Waals surface area contributed by atoms with Gasteiger partial charge in [0, 0.05) is 19.2 Å². The van der Waals surface area contributed by atoms with Crippen molar-refractivity contribution >= 4 is 11.5 Å². The molecule has 1 fully saturated rings. The maximum Gasteiger partial charge on any atom is 0.363 e. The second kappa shape index (κ2) is 5.77. The third-order valence-electron chi connectivity index (χ3n) is 3.30. The molecule has 0 aromatic carbocycles. The maximum atomic E-state index is 10.5. The van der Waals surface area contributed by atoms with Crippen molar-refractivity contribution in [1.82, 2.24) is 10.3 Å². The molecular formula is C12H18N4O2. The minimum Gasteiger partial charge on any atom is -0.368 e. The van der Waals surface area contributed by atoms with Gasteiger partial charge in [0.15, 0.2) is 6.20 Å². The van der Waals surface area contributed by atoms with Gasteiger partial charge in [-0.1, -0.05) is 0 Å². The van der Waals surface area contributed by atoms with Crippen LogP contribution >= 0.6 is 0 Å². The zero-order valence-electron chi connectivity index (χ0n) is 10.5. The summed E-state index contributed by atoms with van der Waals surface area (Å²) in [6.07, 6.45) is 3.99. The third kappa shape index (κ3) is 2.95. The minimum absolute atomic E-state index is 0.0949. The molecule has 1 saturated heterocycles. The van der Waals surface area contributed by atoms with E-state index in [-0.39, 0.29) is 5.82 Å². The number of pyridine rings is 1. The van der Waals surface area contributed by atoms with Crippen molar-refractivity contribution in [2.75, 3.05) is 31.6 Å². The van der Waals surface area contributed by atoms with Crippen LogP contribution in [0.1, 0.15) is 12.8 Å². The summed E-state index contributed by atoms with van der Waals surface area (Å²) < 4.78 is 0. The molecule has 0 aliphatic carbocycles. The molecule has 1 N–H and O–H groups in total. The summed E-state index contributed by atoms with van der Waals surface area (Å²) in [5, 5.41) is 13.7. The standard InChI is InChI=1S/C12H18N4O2/c1-13-7-10-3-2-6-15(9-10)11-4-5-12(14-8-11)16(17)18/h4-5,8,10,13H,2-3,6-7,9H2,1H3. The van der Waals surface area contributed by atoms with E-state index in [1.54, 1.807) is 12.3 Å². The van der Waals surface area contributed by atoms with Crippen LogP contribution in [0.5, 0.6) is 0 Å². The summed E-state index contributed by atoms with van der Waals surface area (Å²) in [5.74, 6) is 0.543. The van der Waals surface area contributed by atoms with Gasteiger partial charge in [0.2, 0.25) is 0 Å². The Morgan fingerprint density at radius 2 is 2.44 bits per heavy atom. The second-order valence-electron chi connectivity index (χ2n) is 4.64. The molecule has 1 unspecified atom stereocenters. The molecule has 6 heteroatoms. The fourth-order valence-corrected chi connectivity index (χ4v) is 2.43. The SMILES string of the molecule is CNCC1CCCN(c2ccc([N+](=O)[O-])nc2)C1. The smallest absolute Gasteiger partial charge is 0.363 e. The molecule has 2 rings (SSSR count). The van der Waals surface area contributed by atoms with Crippen molar-refractivity contribution < 1.29 is 4.92 Å². The highest BCUT2D eigenvalue weighted by atomic mass is 16.6. The molecule has 1 atom stereocenters. The van der Waals surface area contributed by atoms with Crippen LogP contribution in [0.4, 0.5) is 11.5 Å². The van der Waals surface area contributed by atoms with E-state index in [9.17, 15) is 10.1 Å². The van der Waals surface area contributed by atoms with E-state index in [4.69, 9.17) is 0 Å².